The lowest BCUT2D eigenvalue weighted by atomic mass is 9.71. The zero-order valence-electron chi connectivity index (χ0n) is 22.6. The minimum absolute atomic E-state index is 0.0715. The number of methoxy groups -OCH3 is 4. The van der Waals surface area contributed by atoms with E-state index in [1.807, 2.05) is 18.2 Å². The number of allylic oxidation sites excluding steroid dienone is 3. The molecule has 10 heteroatoms. The van der Waals surface area contributed by atoms with E-state index in [1.165, 1.54) is 14.2 Å². The number of phenolic OH excluding ortho intramolecular Hbond substituents is 1. The van der Waals surface area contributed by atoms with Crippen molar-refractivity contribution < 1.29 is 38.4 Å². The van der Waals surface area contributed by atoms with Crippen LogP contribution in [0.1, 0.15) is 42.7 Å². The predicted molar refractivity (Wildman–Crippen MR) is 147 cm³/mol. The molecule has 2 aromatic carbocycles. The number of halogens is 1. The monoisotopic (exact) mass is 601 g/mol. The molecule has 2 atom stereocenters. The molecule has 1 heterocycles. The first kappa shape index (κ1) is 28.5. The molecule has 1 aliphatic heterocycles. The molecule has 0 saturated carbocycles. The minimum atomic E-state index is -0.721. The summed E-state index contributed by atoms with van der Waals surface area (Å²) >= 11 is 3.38. The fraction of sp³-hybridized carbons (Fsp3) is 0.379. The summed E-state index contributed by atoms with van der Waals surface area (Å²) in [5, 5.41) is 13.7. The van der Waals surface area contributed by atoms with Crippen LogP contribution in [0.5, 0.6) is 23.0 Å². The van der Waals surface area contributed by atoms with Gasteiger partial charge in [0.25, 0.3) is 0 Å². The van der Waals surface area contributed by atoms with Crippen molar-refractivity contribution in [2.45, 2.75) is 31.6 Å². The van der Waals surface area contributed by atoms with Crippen molar-refractivity contribution in [3.8, 4) is 23.0 Å². The van der Waals surface area contributed by atoms with Gasteiger partial charge >= 0.3 is 5.97 Å². The van der Waals surface area contributed by atoms with Crippen molar-refractivity contribution in [1.82, 2.24) is 5.32 Å². The maximum Gasteiger partial charge on any atom is 0.336 e. The van der Waals surface area contributed by atoms with E-state index in [2.05, 4.69) is 21.2 Å². The van der Waals surface area contributed by atoms with Crippen LogP contribution in [-0.4, -0.2) is 58.5 Å². The van der Waals surface area contributed by atoms with Gasteiger partial charge in [-0.05, 0) is 70.6 Å². The molecule has 0 spiro atoms. The van der Waals surface area contributed by atoms with Gasteiger partial charge in [-0.1, -0.05) is 6.07 Å². The van der Waals surface area contributed by atoms with Crippen LogP contribution in [-0.2, 0) is 19.1 Å². The molecule has 0 aromatic heterocycles. The van der Waals surface area contributed by atoms with Gasteiger partial charge in [0.05, 0.1) is 38.0 Å². The first-order valence-electron chi connectivity index (χ1n) is 12.4. The van der Waals surface area contributed by atoms with Crippen LogP contribution in [0.25, 0.3) is 0 Å². The number of ether oxygens (including phenoxy) is 5. The normalized spacial score (nSPS) is 18.9. The number of ketones is 1. The molecule has 2 aliphatic rings. The summed E-state index contributed by atoms with van der Waals surface area (Å²) in [7, 11) is 6.12. The minimum Gasteiger partial charge on any atom is -0.503 e. The highest BCUT2D eigenvalue weighted by Crippen LogP contribution is 2.48. The highest BCUT2D eigenvalue weighted by atomic mass is 79.9. The third kappa shape index (κ3) is 5.62. The molecule has 0 unspecified atom stereocenters. The maximum atomic E-state index is 13.9. The van der Waals surface area contributed by atoms with Gasteiger partial charge in [0, 0.05) is 36.4 Å². The Morgan fingerprint density at radius 3 is 2.33 bits per heavy atom. The first-order chi connectivity index (χ1) is 18.7. The van der Waals surface area contributed by atoms with Gasteiger partial charge in [-0.25, -0.2) is 4.79 Å². The Labute approximate surface area is 235 Å². The number of Topliss-reactive ketones (excluding diaryl/α,β-unsaturated/α-hetero) is 1. The second-order valence-electron chi connectivity index (χ2n) is 9.31. The summed E-state index contributed by atoms with van der Waals surface area (Å²) < 4.78 is 27.1. The number of benzene rings is 2. The van der Waals surface area contributed by atoms with Crippen molar-refractivity contribution in [2.24, 2.45) is 0 Å². The topological polar surface area (TPSA) is 113 Å². The Morgan fingerprint density at radius 2 is 1.67 bits per heavy atom. The fourth-order valence-corrected chi connectivity index (χ4v) is 5.66. The van der Waals surface area contributed by atoms with Crippen molar-refractivity contribution in [3.05, 3.63) is 68.5 Å². The van der Waals surface area contributed by atoms with Crippen LogP contribution in [0, 0.1) is 0 Å². The second-order valence-corrected chi connectivity index (χ2v) is 10.2. The molecular formula is C29H32BrNO8. The number of rotatable bonds is 9. The van der Waals surface area contributed by atoms with E-state index in [9.17, 15) is 14.7 Å². The molecule has 0 bridgehead atoms. The smallest absolute Gasteiger partial charge is 0.336 e. The average molecular weight is 602 g/mol. The molecule has 1 aliphatic carbocycles. The van der Waals surface area contributed by atoms with Crippen LogP contribution >= 0.6 is 15.9 Å². The van der Waals surface area contributed by atoms with E-state index in [0.29, 0.717) is 44.8 Å². The number of phenols is 1. The zero-order valence-corrected chi connectivity index (χ0v) is 24.1. The van der Waals surface area contributed by atoms with Gasteiger partial charge in [-0.3, -0.25) is 4.79 Å². The number of aromatic hydroxyl groups is 1. The molecule has 0 radical (unpaired) electrons. The summed E-state index contributed by atoms with van der Waals surface area (Å²) in [5.41, 5.74) is 3.71. The van der Waals surface area contributed by atoms with Gasteiger partial charge in [-0.2, -0.15) is 0 Å². The van der Waals surface area contributed by atoms with E-state index in [-0.39, 0.29) is 42.8 Å². The van der Waals surface area contributed by atoms with E-state index in [0.717, 1.165) is 11.3 Å². The number of esters is 1. The zero-order chi connectivity index (χ0) is 28.3. The van der Waals surface area contributed by atoms with E-state index < -0.39 is 11.9 Å². The Balaban J connectivity index is 1.80. The summed E-state index contributed by atoms with van der Waals surface area (Å²) in [6.07, 6.45) is 0.792. The first-order valence-corrected chi connectivity index (χ1v) is 13.2. The summed E-state index contributed by atoms with van der Waals surface area (Å²) in [6.45, 7) is 2.11. The largest absolute Gasteiger partial charge is 0.503 e. The van der Waals surface area contributed by atoms with Crippen molar-refractivity contribution in [2.75, 3.05) is 41.7 Å². The Morgan fingerprint density at radius 1 is 0.974 bits per heavy atom. The number of dihydropyridines is 1. The molecule has 39 heavy (non-hydrogen) atoms. The maximum absolute atomic E-state index is 13.9. The van der Waals surface area contributed by atoms with Crippen LogP contribution in [0.15, 0.2) is 57.3 Å². The summed E-state index contributed by atoms with van der Waals surface area (Å²) in [6, 6.07) is 9.01. The number of hydrogen-bond acceptors (Lipinski definition) is 9. The molecular weight excluding hydrogens is 570 g/mol. The van der Waals surface area contributed by atoms with Crippen LogP contribution < -0.4 is 19.5 Å². The highest BCUT2D eigenvalue weighted by molar-refractivity contribution is 9.10. The molecule has 208 valence electrons. The van der Waals surface area contributed by atoms with Crippen LogP contribution in [0.2, 0.25) is 0 Å². The van der Waals surface area contributed by atoms with Gasteiger partial charge in [0.15, 0.2) is 28.8 Å². The molecule has 2 N–H and O–H groups in total. The Hall–Kier alpha value is -3.50. The molecule has 0 fully saturated rings. The van der Waals surface area contributed by atoms with Gasteiger partial charge in [-0.15, -0.1) is 0 Å². The lowest BCUT2D eigenvalue weighted by Gasteiger charge is -2.37. The molecule has 4 rings (SSSR count). The quantitative estimate of drug-likeness (QED) is 0.311. The van der Waals surface area contributed by atoms with Gasteiger partial charge in [0.1, 0.15) is 6.61 Å². The van der Waals surface area contributed by atoms with Crippen molar-refractivity contribution in [3.63, 3.8) is 0 Å². The highest BCUT2D eigenvalue weighted by Gasteiger charge is 2.42. The number of hydrogen-bond donors (Lipinski definition) is 2. The van der Waals surface area contributed by atoms with Crippen molar-refractivity contribution >= 4 is 27.7 Å². The molecule has 2 aromatic rings. The summed E-state index contributed by atoms with van der Waals surface area (Å²) in [4.78, 5) is 27.2. The lowest BCUT2D eigenvalue weighted by Crippen LogP contribution is -2.36. The Bertz CT molecular complexity index is 1350. The third-order valence-corrected chi connectivity index (χ3v) is 7.66. The van der Waals surface area contributed by atoms with Gasteiger partial charge < -0.3 is 34.1 Å². The predicted octanol–water partition coefficient (Wildman–Crippen LogP) is 4.73. The average Bonchev–Trinajstić information content (AvgIpc) is 2.93. The second kappa shape index (κ2) is 12.1. The standard InChI is InChI=1S/C29H32BrNO8/c1-15-25(29(34)39-9-8-35-2)26(18-10-19(30)28(33)24(14-18)38-5)27-20(31-15)11-17(12-21(27)32)16-6-7-22(36-3)23(13-16)37-4/h6-7,10,13-14,17,26,31,33H,8-9,11-12H2,1-5H3/t17-,26+/m1/s1. The summed E-state index contributed by atoms with van der Waals surface area (Å²) in [5.74, 6) is -0.113. The number of carbonyl (C=O) groups excluding carboxylic acids is 2. The fourth-order valence-electron chi connectivity index (χ4n) is 5.20. The van der Waals surface area contributed by atoms with Crippen molar-refractivity contribution in [1.29, 1.82) is 0 Å². The molecule has 0 saturated heterocycles. The SMILES string of the molecule is COCCOC(=O)C1=C(C)NC2=C(C(=O)C[C@H](c3ccc(OC)c(OC)c3)C2)[C@H]1c1cc(Br)c(O)c(OC)c1. The van der Waals surface area contributed by atoms with E-state index >= 15 is 0 Å². The third-order valence-electron chi connectivity index (χ3n) is 7.05. The van der Waals surface area contributed by atoms with Gasteiger partial charge in [0.2, 0.25) is 0 Å². The van der Waals surface area contributed by atoms with E-state index in [4.69, 9.17) is 23.7 Å². The van der Waals surface area contributed by atoms with Crippen LogP contribution in [0.3, 0.4) is 0 Å². The molecule has 9 nitrogen and oxygen atoms in total. The lowest BCUT2D eigenvalue weighted by molar-refractivity contribution is -0.140. The number of nitrogens with one attached hydrogen (secondary N) is 1. The van der Waals surface area contributed by atoms with Crippen LogP contribution in [0.4, 0.5) is 0 Å². The number of carbonyl (C=O) groups is 2. The molecule has 0 amide bonds. The Kier molecular flexibility index (Phi) is 8.87. The van der Waals surface area contributed by atoms with E-state index in [1.54, 1.807) is 33.3 Å².